The van der Waals surface area contributed by atoms with Crippen molar-refractivity contribution >= 4 is 5.91 Å². The molecule has 0 saturated carbocycles. The molecular weight excluding hydrogens is 152 g/mol. The zero-order valence-electron chi connectivity index (χ0n) is 6.84. The highest BCUT2D eigenvalue weighted by atomic mass is 16.1. The van der Waals surface area contributed by atoms with E-state index in [-0.39, 0.29) is 5.91 Å². The van der Waals surface area contributed by atoms with Crippen molar-refractivity contribution in [2.75, 3.05) is 6.54 Å². The van der Waals surface area contributed by atoms with Crippen molar-refractivity contribution in [3.63, 3.8) is 0 Å². The van der Waals surface area contributed by atoms with Crippen LogP contribution >= 0.6 is 0 Å². The Morgan fingerprint density at radius 1 is 1.75 bits per heavy atom. The Morgan fingerprint density at radius 2 is 2.58 bits per heavy atom. The number of H-pyrrole nitrogens is 1. The normalized spacial score (nSPS) is 9.33. The molecule has 0 aliphatic carbocycles. The number of carbonyl (C=O) groups excluding carboxylic acids is 1. The predicted molar refractivity (Wildman–Crippen MR) is 47.7 cm³/mol. The van der Waals surface area contributed by atoms with Gasteiger partial charge in [-0.3, -0.25) is 4.79 Å². The van der Waals surface area contributed by atoms with Gasteiger partial charge in [-0.25, -0.2) is 0 Å². The van der Waals surface area contributed by atoms with Crippen LogP contribution in [0.1, 0.15) is 5.69 Å². The van der Waals surface area contributed by atoms with E-state index in [9.17, 15) is 4.79 Å². The van der Waals surface area contributed by atoms with E-state index >= 15 is 0 Å². The zero-order valence-corrected chi connectivity index (χ0v) is 6.84. The number of aromatic nitrogens is 1. The summed E-state index contributed by atoms with van der Waals surface area (Å²) >= 11 is 0. The van der Waals surface area contributed by atoms with Gasteiger partial charge in [0.2, 0.25) is 5.91 Å². The molecule has 1 rings (SSSR count). The lowest BCUT2D eigenvalue weighted by Gasteiger charge is -1.99. The summed E-state index contributed by atoms with van der Waals surface area (Å²) in [6.45, 7) is 4.00. The van der Waals surface area contributed by atoms with Crippen LogP contribution in [0.15, 0.2) is 31.0 Å². The third-order valence-electron chi connectivity index (χ3n) is 1.54. The van der Waals surface area contributed by atoms with Crippen molar-refractivity contribution in [3.05, 3.63) is 36.7 Å². The smallest absolute Gasteiger partial charge is 0.243 e. The molecule has 0 unspecified atom stereocenters. The average molecular weight is 164 g/mol. The summed E-state index contributed by atoms with van der Waals surface area (Å²) in [5, 5.41) is 2.69. The minimum Gasteiger partial charge on any atom is -0.365 e. The highest BCUT2D eigenvalue weighted by molar-refractivity contribution is 5.86. The Kier molecular flexibility index (Phi) is 3.14. The first-order valence-electron chi connectivity index (χ1n) is 3.85. The second-order valence-electron chi connectivity index (χ2n) is 2.44. The number of hydrogen-bond acceptors (Lipinski definition) is 1. The standard InChI is InChI=1S/C9H12N2O/c1-2-9(12)11-7-5-8-4-3-6-10-8/h2-4,6,10H,1,5,7H2,(H,11,12). The number of aromatic amines is 1. The highest BCUT2D eigenvalue weighted by Crippen LogP contribution is 1.93. The summed E-state index contributed by atoms with van der Waals surface area (Å²) in [6, 6.07) is 3.92. The molecule has 2 N–H and O–H groups in total. The van der Waals surface area contributed by atoms with Gasteiger partial charge in [0.15, 0.2) is 0 Å². The van der Waals surface area contributed by atoms with Crippen molar-refractivity contribution < 1.29 is 4.79 Å². The van der Waals surface area contributed by atoms with Crippen LogP contribution in [0, 0.1) is 0 Å². The molecule has 0 aromatic carbocycles. The summed E-state index contributed by atoms with van der Waals surface area (Å²) in [4.78, 5) is 13.8. The molecule has 0 saturated heterocycles. The monoisotopic (exact) mass is 164 g/mol. The van der Waals surface area contributed by atoms with E-state index in [2.05, 4.69) is 16.9 Å². The second-order valence-corrected chi connectivity index (χ2v) is 2.44. The molecular formula is C9H12N2O. The van der Waals surface area contributed by atoms with Gasteiger partial charge in [0.05, 0.1) is 0 Å². The van der Waals surface area contributed by atoms with Crippen LogP contribution in [0.4, 0.5) is 0 Å². The summed E-state index contributed by atoms with van der Waals surface area (Å²) < 4.78 is 0. The third kappa shape index (κ3) is 2.62. The van der Waals surface area contributed by atoms with Gasteiger partial charge in [0, 0.05) is 24.9 Å². The molecule has 0 atom stereocenters. The summed E-state index contributed by atoms with van der Waals surface area (Å²) in [7, 11) is 0. The zero-order chi connectivity index (χ0) is 8.81. The Balaban J connectivity index is 2.19. The minimum absolute atomic E-state index is 0.124. The molecule has 0 radical (unpaired) electrons. The van der Waals surface area contributed by atoms with Crippen LogP contribution in [0.25, 0.3) is 0 Å². The van der Waals surface area contributed by atoms with E-state index in [0.29, 0.717) is 6.54 Å². The number of nitrogens with one attached hydrogen (secondary N) is 2. The van der Waals surface area contributed by atoms with Crippen molar-refractivity contribution in [2.45, 2.75) is 6.42 Å². The van der Waals surface area contributed by atoms with Crippen LogP contribution in [-0.4, -0.2) is 17.4 Å². The van der Waals surface area contributed by atoms with Gasteiger partial charge in [-0.05, 0) is 18.2 Å². The predicted octanol–water partition coefficient (Wildman–Crippen LogP) is 0.859. The molecule has 0 spiro atoms. The maximum absolute atomic E-state index is 10.7. The first-order chi connectivity index (χ1) is 5.83. The minimum atomic E-state index is -0.124. The SMILES string of the molecule is C=CC(=O)NCCc1ccc[nH]1. The largest absolute Gasteiger partial charge is 0.365 e. The topological polar surface area (TPSA) is 44.9 Å². The fraction of sp³-hybridized carbons (Fsp3) is 0.222. The molecule has 0 bridgehead atoms. The van der Waals surface area contributed by atoms with Crippen LogP contribution in [0.2, 0.25) is 0 Å². The van der Waals surface area contributed by atoms with Crippen LogP contribution in [0.3, 0.4) is 0 Å². The Labute approximate surface area is 71.5 Å². The number of rotatable bonds is 4. The molecule has 1 aromatic rings. The van der Waals surface area contributed by atoms with Crippen molar-refractivity contribution in [1.82, 2.24) is 10.3 Å². The maximum atomic E-state index is 10.7. The Bertz CT molecular complexity index is 252. The molecule has 1 aromatic heterocycles. The van der Waals surface area contributed by atoms with Crippen molar-refractivity contribution in [1.29, 1.82) is 0 Å². The number of hydrogen-bond donors (Lipinski definition) is 2. The molecule has 1 amide bonds. The molecule has 0 aliphatic heterocycles. The lowest BCUT2D eigenvalue weighted by atomic mass is 10.3. The third-order valence-corrected chi connectivity index (χ3v) is 1.54. The fourth-order valence-corrected chi connectivity index (χ4v) is 0.916. The van der Waals surface area contributed by atoms with Gasteiger partial charge < -0.3 is 10.3 Å². The van der Waals surface area contributed by atoms with E-state index in [1.54, 1.807) is 0 Å². The average Bonchev–Trinajstić information content (AvgIpc) is 2.57. The van der Waals surface area contributed by atoms with E-state index in [1.165, 1.54) is 6.08 Å². The first kappa shape index (κ1) is 8.59. The van der Waals surface area contributed by atoms with Crippen LogP contribution in [-0.2, 0) is 11.2 Å². The molecule has 3 nitrogen and oxygen atoms in total. The quantitative estimate of drug-likeness (QED) is 0.637. The summed E-state index contributed by atoms with van der Waals surface area (Å²) in [5.74, 6) is -0.124. The lowest BCUT2D eigenvalue weighted by molar-refractivity contribution is -0.116. The van der Waals surface area contributed by atoms with E-state index in [1.807, 2.05) is 18.3 Å². The number of amides is 1. The van der Waals surface area contributed by atoms with Gasteiger partial charge in [-0.1, -0.05) is 6.58 Å². The second kappa shape index (κ2) is 4.38. The highest BCUT2D eigenvalue weighted by Gasteiger charge is 1.94. The Morgan fingerprint density at radius 3 is 3.17 bits per heavy atom. The lowest BCUT2D eigenvalue weighted by Crippen LogP contribution is -2.23. The maximum Gasteiger partial charge on any atom is 0.243 e. The van der Waals surface area contributed by atoms with Crippen LogP contribution < -0.4 is 5.32 Å². The van der Waals surface area contributed by atoms with Gasteiger partial charge in [0.25, 0.3) is 0 Å². The molecule has 3 heteroatoms. The van der Waals surface area contributed by atoms with Gasteiger partial charge in [-0.15, -0.1) is 0 Å². The molecule has 12 heavy (non-hydrogen) atoms. The number of carbonyl (C=O) groups is 1. The van der Waals surface area contributed by atoms with Gasteiger partial charge in [0.1, 0.15) is 0 Å². The first-order valence-corrected chi connectivity index (χ1v) is 3.85. The van der Waals surface area contributed by atoms with Crippen molar-refractivity contribution in [2.24, 2.45) is 0 Å². The molecule has 0 aliphatic rings. The molecule has 1 heterocycles. The van der Waals surface area contributed by atoms with E-state index < -0.39 is 0 Å². The summed E-state index contributed by atoms with van der Waals surface area (Å²) in [6.07, 6.45) is 3.96. The van der Waals surface area contributed by atoms with E-state index in [4.69, 9.17) is 0 Å². The molecule has 0 fully saturated rings. The molecule has 64 valence electrons. The van der Waals surface area contributed by atoms with E-state index in [0.717, 1.165) is 12.1 Å². The summed E-state index contributed by atoms with van der Waals surface area (Å²) in [5.41, 5.74) is 1.12. The Hall–Kier alpha value is -1.51. The van der Waals surface area contributed by atoms with Gasteiger partial charge >= 0.3 is 0 Å². The van der Waals surface area contributed by atoms with Crippen molar-refractivity contribution in [3.8, 4) is 0 Å². The fourth-order valence-electron chi connectivity index (χ4n) is 0.916. The van der Waals surface area contributed by atoms with Crippen LogP contribution in [0.5, 0.6) is 0 Å². The van der Waals surface area contributed by atoms with Gasteiger partial charge in [-0.2, -0.15) is 0 Å².